The van der Waals surface area contributed by atoms with Crippen molar-refractivity contribution in [1.82, 2.24) is 5.32 Å². The predicted molar refractivity (Wildman–Crippen MR) is 61.3 cm³/mol. The number of hydrogen-bond donors (Lipinski definition) is 4. The monoisotopic (exact) mass is 233 g/mol. The number of carbonyl (C=O) groups is 1. The van der Waals surface area contributed by atoms with Gasteiger partial charge in [0.1, 0.15) is 0 Å². The summed E-state index contributed by atoms with van der Waals surface area (Å²) in [5.41, 5.74) is -0.590. The summed E-state index contributed by atoms with van der Waals surface area (Å²) in [5.74, 6) is -0.762. The third-order valence-corrected chi connectivity index (χ3v) is 2.85. The molecule has 0 spiro atoms. The summed E-state index contributed by atoms with van der Waals surface area (Å²) in [4.78, 5) is 10.2. The zero-order chi connectivity index (χ0) is 12.4. The minimum atomic E-state index is -0.762. The first-order chi connectivity index (χ1) is 7.60. The first kappa shape index (κ1) is 15.3. The van der Waals surface area contributed by atoms with Crippen LogP contribution in [0.3, 0.4) is 0 Å². The van der Waals surface area contributed by atoms with Gasteiger partial charge in [-0.15, -0.1) is 0 Å². The summed E-state index contributed by atoms with van der Waals surface area (Å²) in [6.07, 6.45) is 3.24. The first-order valence-electron chi connectivity index (χ1n) is 5.79. The molecule has 0 aliphatic heterocycles. The molecule has 0 rings (SSSR count). The minimum Gasteiger partial charge on any atom is -0.481 e. The molecule has 0 unspecified atom stereocenters. The van der Waals surface area contributed by atoms with E-state index in [1.807, 2.05) is 6.92 Å². The third kappa shape index (κ3) is 6.05. The highest BCUT2D eigenvalue weighted by atomic mass is 16.4. The number of aliphatic hydroxyl groups is 2. The summed E-state index contributed by atoms with van der Waals surface area (Å²) >= 11 is 0. The minimum absolute atomic E-state index is 0.0882. The van der Waals surface area contributed by atoms with E-state index in [2.05, 4.69) is 5.32 Å². The van der Waals surface area contributed by atoms with Crippen LogP contribution < -0.4 is 5.32 Å². The molecule has 0 aromatic rings. The van der Waals surface area contributed by atoms with Crippen molar-refractivity contribution in [2.45, 2.75) is 44.6 Å². The fourth-order valence-electron chi connectivity index (χ4n) is 1.44. The van der Waals surface area contributed by atoms with Crippen molar-refractivity contribution in [3.63, 3.8) is 0 Å². The molecule has 0 heterocycles. The van der Waals surface area contributed by atoms with E-state index in [0.29, 0.717) is 19.4 Å². The number of carboxylic acids is 1. The summed E-state index contributed by atoms with van der Waals surface area (Å²) < 4.78 is 0. The molecule has 4 N–H and O–H groups in total. The fourth-order valence-corrected chi connectivity index (χ4v) is 1.44. The van der Waals surface area contributed by atoms with Crippen molar-refractivity contribution in [3.8, 4) is 0 Å². The Morgan fingerprint density at radius 2 is 1.81 bits per heavy atom. The Morgan fingerprint density at radius 3 is 2.25 bits per heavy atom. The van der Waals surface area contributed by atoms with E-state index in [9.17, 15) is 4.79 Å². The van der Waals surface area contributed by atoms with E-state index in [1.165, 1.54) is 0 Å². The lowest BCUT2D eigenvalue weighted by Crippen LogP contribution is -2.51. The van der Waals surface area contributed by atoms with Gasteiger partial charge in [0.2, 0.25) is 0 Å². The molecule has 0 saturated carbocycles. The third-order valence-electron chi connectivity index (χ3n) is 2.85. The Balaban J connectivity index is 3.59. The maximum absolute atomic E-state index is 10.2. The van der Waals surface area contributed by atoms with E-state index >= 15 is 0 Å². The van der Waals surface area contributed by atoms with Gasteiger partial charge < -0.3 is 20.6 Å². The molecule has 0 saturated heterocycles. The maximum Gasteiger partial charge on any atom is 0.303 e. The van der Waals surface area contributed by atoms with Crippen LogP contribution in [0.25, 0.3) is 0 Å². The van der Waals surface area contributed by atoms with Gasteiger partial charge in [-0.1, -0.05) is 13.3 Å². The summed E-state index contributed by atoms with van der Waals surface area (Å²) in [6, 6.07) is 0. The summed E-state index contributed by atoms with van der Waals surface area (Å²) in [6.45, 7) is 2.42. The van der Waals surface area contributed by atoms with Crippen LogP contribution in [-0.2, 0) is 4.79 Å². The molecule has 0 aromatic heterocycles. The van der Waals surface area contributed by atoms with Crippen LogP contribution in [0.5, 0.6) is 0 Å². The summed E-state index contributed by atoms with van der Waals surface area (Å²) in [7, 11) is 0. The van der Waals surface area contributed by atoms with Gasteiger partial charge in [-0.2, -0.15) is 0 Å². The Hall–Kier alpha value is -0.650. The highest BCUT2D eigenvalue weighted by Crippen LogP contribution is 2.08. The smallest absolute Gasteiger partial charge is 0.303 e. The number of carboxylic acid groups (broad SMARTS) is 1. The first-order valence-corrected chi connectivity index (χ1v) is 5.79. The van der Waals surface area contributed by atoms with E-state index in [4.69, 9.17) is 15.3 Å². The number of aliphatic hydroxyl groups excluding tert-OH is 2. The van der Waals surface area contributed by atoms with Crippen molar-refractivity contribution >= 4 is 5.97 Å². The van der Waals surface area contributed by atoms with Crippen LogP contribution in [0.2, 0.25) is 0 Å². The van der Waals surface area contributed by atoms with Crippen molar-refractivity contribution in [2.75, 3.05) is 19.8 Å². The largest absolute Gasteiger partial charge is 0.481 e. The van der Waals surface area contributed by atoms with Gasteiger partial charge >= 0.3 is 5.97 Å². The number of aliphatic carboxylic acids is 1. The van der Waals surface area contributed by atoms with Crippen molar-refractivity contribution < 1.29 is 20.1 Å². The van der Waals surface area contributed by atoms with Crippen LogP contribution in [0.4, 0.5) is 0 Å². The molecule has 0 aliphatic rings. The molecule has 0 radical (unpaired) electrons. The van der Waals surface area contributed by atoms with Gasteiger partial charge in [0, 0.05) is 6.42 Å². The van der Waals surface area contributed by atoms with Gasteiger partial charge in [0.15, 0.2) is 0 Å². The lowest BCUT2D eigenvalue weighted by atomic mass is 9.98. The SMILES string of the molecule is CCC(CO)(CO)NCCCCCC(=O)O. The van der Waals surface area contributed by atoms with Crippen LogP contribution in [-0.4, -0.2) is 46.6 Å². The second kappa shape index (κ2) is 8.50. The normalized spacial score (nSPS) is 11.7. The Labute approximate surface area is 96.5 Å². The van der Waals surface area contributed by atoms with Crippen molar-refractivity contribution in [3.05, 3.63) is 0 Å². The quantitative estimate of drug-likeness (QED) is 0.409. The highest BCUT2D eigenvalue weighted by Gasteiger charge is 2.24. The Morgan fingerprint density at radius 1 is 1.19 bits per heavy atom. The van der Waals surface area contributed by atoms with Gasteiger partial charge in [-0.25, -0.2) is 0 Å². The molecule has 5 nitrogen and oxygen atoms in total. The topological polar surface area (TPSA) is 89.8 Å². The molecule has 5 heteroatoms. The molecule has 0 bridgehead atoms. The van der Waals surface area contributed by atoms with E-state index < -0.39 is 11.5 Å². The average Bonchev–Trinajstić information content (AvgIpc) is 2.29. The average molecular weight is 233 g/mol. The van der Waals surface area contributed by atoms with Crippen LogP contribution in [0, 0.1) is 0 Å². The lowest BCUT2D eigenvalue weighted by Gasteiger charge is -2.29. The number of unbranched alkanes of at least 4 members (excludes halogenated alkanes) is 2. The maximum atomic E-state index is 10.2. The Kier molecular flexibility index (Phi) is 8.15. The number of hydrogen-bond acceptors (Lipinski definition) is 4. The van der Waals surface area contributed by atoms with Gasteiger partial charge in [0.05, 0.1) is 18.8 Å². The Bertz CT molecular complexity index is 184. The standard InChI is InChI=1S/C11H23NO4/c1-2-11(8-13,9-14)12-7-5-3-4-6-10(15)16/h12-14H,2-9H2,1H3,(H,15,16). The van der Waals surface area contributed by atoms with Crippen LogP contribution in [0.15, 0.2) is 0 Å². The summed E-state index contributed by atoms with van der Waals surface area (Å²) in [5, 5.41) is 29.9. The molecule has 96 valence electrons. The van der Waals surface area contributed by atoms with Crippen molar-refractivity contribution in [2.24, 2.45) is 0 Å². The van der Waals surface area contributed by atoms with E-state index in [1.54, 1.807) is 0 Å². The molecule has 0 atom stereocenters. The molecule has 0 aromatic carbocycles. The second-order valence-electron chi connectivity index (χ2n) is 4.08. The zero-order valence-corrected chi connectivity index (χ0v) is 9.91. The molecule has 0 fully saturated rings. The molecule has 0 amide bonds. The number of nitrogens with one attached hydrogen (secondary N) is 1. The van der Waals surface area contributed by atoms with E-state index in [-0.39, 0.29) is 19.6 Å². The van der Waals surface area contributed by atoms with Gasteiger partial charge in [-0.3, -0.25) is 4.79 Å². The molecule has 0 aliphatic carbocycles. The van der Waals surface area contributed by atoms with Gasteiger partial charge in [-0.05, 0) is 25.8 Å². The predicted octanol–water partition coefficient (Wildman–Crippen LogP) is 0.354. The second-order valence-corrected chi connectivity index (χ2v) is 4.08. The van der Waals surface area contributed by atoms with Gasteiger partial charge in [0.25, 0.3) is 0 Å². The van der Waals surface area contributed by atoms with Crippen LogP contribution >= 0.6 is 0 Å². The zero-order valence-electron chi connectivity index (χ0n) is 9.91. The van der Waals surface area contributed by atoms with Crippen LogP contribution in [0.1, 0.15) is 39.0 Å². The fraction of sp³-hybridized carbons (Fsp3) is 0.909. The number of rotatable bonds is 10. The van der Waals surface area contributed by atoms with E-state index in [0.717, 1.165) is 12.8 Å². The molecular weight excluding hydrogens is 210 g/mol. The molecular formula is C11H23NO4. The van der Waals surface area contributed by atoms with Crippen molar-refractivity contribution in [1.29, 1.82) is 0 Å². The molecule has 16 heavy (non-hydrogen) atoms. The highest BCUT2D eigenvalue weighted by molar-refractivity contribution is 5.66. The lowest BCUT2D eigenvalue weighted by molar-refractivity contribution is -0.137.